The second kappa shape index (κ2) is 7.54. The van der Waals surface area contributed by atoms with E-state index in [0.29, 0.717) is 18.4 Å². The second-order valence-electron chi connectivity index (χ2n) is 5.37. The number of likely N-dealkylation sites (N-methyl/N-ethyl adjacent to an activating group) is 1. The van der Waals surface area contributed by atoms with Crippen LogP contribution >= 0.6 is 0 Å². The van der Waals surface area contributed by atoms with E-state index < -0.39 is 21.7 Å². The Morgan fingerprint density at radius 3 is 2.33 bits per heavy atom. The van der Waals surface area contributed by atoms with E-state index in [9.17, 15) is 17.2 Å². The highest BCUT2D eigenvalue weighted by Crippen LogP contribution is 2.18. The lowest BCUT2D eigenvalue weighted by Crippen LogP contribution is -2.21. The number of hydrogen-bond acceptors (Lipinski definition) is 5. The van der Waals surface area contributed by atoms with Crippen molar-refractivity contribution in [2.24, 2.45) is 0 Å². The van der Waals surface area contributed by atoms with Gasteiger partial charge < -0.3 is 10.2 Å². The van der Waals surface area contributed by atoms with Crippen molar-refractivity contribution in [2.45, 2.75) is 4.90 Å². The standard InChI is InChI=1S/C15H18F2N4O2S/c1-21(2)6-5-18-15-4-3-14(10-19-15)24(22,23)20-13-8-11(16)7-12(17)9-13/h3-4,7-10,20H,5-6H2,1-2H3,(H,18,19). The fraction of sp³-hybridized carbons (Fsp3) is 0.267. The molecule has 0 atom stereocenters. The number of anilines is 2. The molecule has 0 saturated heterocycles. The van der Waals surface area contributed by atoms with Crippen LogP contribution < -0.4 is 10.0 Å². The number of sulfonamides is 1. The number of rotatable bonds is 7. The largest absolute Gasteiger partial charge is 0.369 e. The smallest absolute Gasteiger partial charge is 0.263 e. The van der Waals surface area contributed by atoms with Crippen LogP contribution in [0.15, 0.2) is 41.4 Å². The number of hydrogen-bond donors (Lipinski definition) is 2. The van der Waals surface area contributed by atoms with E-state index in [0.717, 1.165) is 18.7 Å². The molecular weight excluding hydrogens is 338 g/mol. The zero-order valence-corrected chi connectivity index (χ0v) is 14.1. The summed E-state index contributed by atoms with van der Waals surface area (Å²) in [6.07, 6.45) is 1.18. The van der Waals surface area contributed by atoms with Crippen molar-refractivity contribution in [3.63, 3.8) is 0 Å². The number of halogens is 2. The molecule has 2 rings (SSSR count). The average molecular weight is 356 g/mol. The van der Waals surface area contributed by atoms with E-state index in [1.165, 1.54) is 18.3 Å². The van der Waals surface area contributed by atoms with Gasteiger partial charge in [0.2, 0.25) is 0 Å². The third-order valence-corrected chi connectivity index (χ3v) is 4.39. The Bertz CT molecular complexity index is 775. The quantitative estimate of drug-likeness (QED) is 0.795. The third kappa shape index (κ3) is 5.14. The summed E-state index contributed by atoms with van der Waals surface area (Å²) in [6.45, 7) is 1.46. The van der Waals surface area contributed by atoms with Crippen LogP contribution in [-0.2, 0) is 10.0 Å². The highest BCUT2D eigenvalue weighted by atomic mass is 32.2. The normalized spacial score (nSPS) is 11.5. The fourth-order valence-electron chi connectivity index (χ4n) is 1.88. The Labute approximate surface area is 139 Å². The van der Waals surface area contributed by atoms with Gasteiger partial charge in [0.05, 0.1) is 5.69 Å². The Kier molecular flexibility index (Phi) is 5.68. The predicted octanol–water partition coefficient (Wildman–Crippen LogP) is 2.13. The lowest BCUT2D eigenvalue weighted by molar-refractivity contribution is 0.425. The molecule has 2 aromatic rings. The summed E-state index contributed by atoms with van der Waals surface area (Å²) in [5.41, 5.74) is -0.194. The maximum absolute atomic E-state index is 13.1. The molecule has 0 saturated carbocycles. The Morgan fingerprint density at radius 1 is 1.12 bits per heavy atom. The molecule has 0 unspecified atom stereocenters. The average Bonchev–Trinajstić information content (AvgIpc) is 2.45. The first-order valence-corrected chi connectivity index (χ1v) is 8.58. The molecule has 1 aromatic heterocycles. The maximum atomic E-state index is 13.1. The van der Waals surface area contributed by atoms with Gasteiger partial charge in [-0.25, -0.2) is 22.2 Å². The molecule has 0 spiro atoms. The minimum Gasteiger partial charge on any atom is -0.369 e. The zero-order valence-electron chi connectivity index (χ0n) is 13.3. The molecule has 0 bridgehead atoms. The van der Waals surface area contributed by atoms with Crippen LogP contribution in [0.4, 0.5) is 20.3 Å². The second-order valence-corrected chi connectivity index (χ2v) is 7.06. The molecule has 1 aromatic carbocycles. The van der Waals surface area contributed by atoms with E-state index in [-0.39, 0.29) is 10.6 Å². The summed E-state index contributed by atoms with van der Waals surface area (Å²) in [5.74, 6) is -1.20. The van der Waals surface area contributed by atoms with Gasteiger partial charge in [0.1, 0.15) is 22.3 Å². The predicted molar refractivity (Wildman–Crippen MR) is 88.4 cm³/mol. The van der Waals surface area contributed by atoms with Crippen LogP contribution in [0, 0.1) is 11.6 Å². The van der Waals surface area contributed by atoms with Gasteiger partial charge in [0.15, 0.2) is 0 Å². The lowest BCUT2D eigenvalue weighted by Gasteiger charge is -2.11. The maximum Gasteiger partial charge on any atom is 0.263 e. The van der Waals surface area contributed by atoms with E-state index >= 15 is 0 Å². The Morgan fingerprint density at radius 2 is 1.79 bits per heavy atom. The van der Waals surface area contributed by atoms with E-state index in [2.05, 4.69) is 15.0 Å². The molecule has 1 heterocycles. The van der Waals surface area contributed by atoms with Gasteiger partial charge in [0, 0.05) is 25.4 Å². The first kappa shape index (κ1) is 18.1. The molecule has 0 aliphatic carbocycles. The minimum atomic E-state index is -3.98. The molecule has 130 valence electrons. The number of nitrogens with zero attached hydrogens (tertiary/aromatic N) is 2. The molecule has 0 aliphatic heterocycles. The van der Waals surface area contributed by atoms with Crippen molar-refractivity contribution >= 4 is 21.5 Å². The van der Waals surface area contributed by atoms with E-state index in [1.807, 2.05) is 19.0 Å². The summed E-state index contributed by atoms with van der Waals surface area (Å²) < 4.78 is 52.8. The summed E-state index contributed by atoms with van der Waals surface area (Å²) in [4.78, 5) is 5.91. The highest BCUT2D eigenvalue weighted by molar-refractivity contribution is 7.92. The number of pyridine rings is 1. The molecule has 2 N–H and O–H groups in total. The van der Waals surface area contributed by atoms with Gasteiger partial charge in [-0.05, 0) is 38.4 Å². The van der Waals surface area contributed by atoms with Crippen LogP contribution in [0.5, 0.6) is 0 Å². The van der Waals surface area contributed by atoms with Crippen molar-refractivity contribution in [3.8, 4) is 0 Å². The van der Waals surface area contributed by atoms with Crippen molar-refractivity contribution in [1.82, 2.24) is 9.88 Å². The van der Waals surface area contributed by atoms with Gasteiger partial charge >= 0.3 is 0 Å². The van der Waals surface area contributed by atoms with Crippen molar-refractivity contribution in [2.75, 3.05) is 37.2 Å². The van der Waals surface area contributed by atoms with Crippen molar-refractivity contribution in [3.05, 3.63) is 48.2 Å². The molecule has 9 heteroatoms. The van der Waals surface area contributed by atoms with E-state index in [1.54, 1.807) is 0 Å². The van der Waals surface area contributed by atoms with Crippen molar-refractivity contribution in [1.29, 1.82) is 0 Å². The molecule has 0 radical (unpaired) electrons. The minimum absolute atomic E-state index is 0.106. The van der Waals surface area contributed by atoms with Gasteiger partial charge in [-0.1, -0.05) is 0 Å². The molecular formula is C15H18F2N4O2S. The molecule has 24 heavy (non-hydrogen) atoms. The van der Waals surface area contributed by atoms with Gasteiger partial charge in [-0.2, -0.15) is 0 Å². The molecule has 6 nitrogen and oxygen atoms in total. The van der Waals surface area contributed by atoms with Crippen LogP contribution in [0.1, 0.15) is 0 Å². The molecule has 0 amide bonds. The Balaban J connectivity index is 2.09. The van der Waals surface area contributed by atoms with Gasteiger partial charge in [-0.3, -0.25) is 4.72 Å². The van der Waals surface area contributed by atoms with Crippen LogP contribution in [0.25, 0.3) is 0 Å². The van der Waals surface area contributed by atoms with Crippen LogP contribution in [0.2, 0.25) is 0 Å². The fourth-order valence-corrected chi connectivity index (χ4v) is 2.86. The zero-order chi connectivity index (χ0) is 17.7. The summed E-state index contributed by atoms with van der Waals surface area (Å²) >= 11 is 0. The first-order chi connectivity index (χ1) is 11.3. The van der Waals surface area contributed by atoms with Gasteiger partial charge in [0.25, 0.3) is 10.0 Å². The molecule has 0 aliphatic rings. The van der Waals surface area contributed by atoms with Gasteiger partial charge in [-0.15, -0.1) is 0 Å². The number of nitrogens with one attached hydrogen (secondary N) is 2. The highest BCUT2D eigenvalue weighted by Gasteiger charge is 2.15. The molecule has 0 fully saturated rings. The number of benzene rings is 1. The first-order valence-electron chi connectivity index (χ1n) is 7.10. The van der Waals surface area contributed by atoms with Crippen LogP contribution in [0.3, 0.4) is 0 Å². The lowest BCUT2D eigenvalue weighted by atomic mass is 10.3. The van der Waals surface area contributed by atoms with Crippen molar-refractivity contribution < 1.29 is 17.2 Å². The van der Waals surface area contributed by atoms with E-state index in [4.69, 9.17) is 0 Å². The number of aromatic nitrogens is 1. The summed E-state index contributed by atoms with van der Waals surface area (Å²) in [7, 11) is -0.107. The SMILES string of the molecule is CN(C)CCNc1ccc(S(=O)(=O)Nc2cc(F)cc(F)c2)cn1. The Hall–Kier alpha value is -2.26. The third-order valence-electron chi connectivity index (χ3n) is 3.03. The summed E-state index contributed by atoms with van der Waals surface area (Å²) in [5, 5.41) is 3.05. The topological polar surface area (TPSA) is 74.3 Å². The monoisotopic (exact) mass is 356 g/mol. The van der Waals surface area contributed by atoms with Crippen LogP contribution in [-0.4, -0.2) is 45.5 Å². The summed E-state index contributed by atoms with van der Waals surface area (Å²) in [6, 6.07) is 5.34.